The molecule has 1 saturated carbocycles. The van der Waals surface area contributed by atoms with E-state index in [1.54, 1.807) is 0 Å². The summed E-state index contributed by atoms with van der Waals surface area (Å²) in [5.74, 6) is 0.0690. The molecular weight excluding hydrogens is 338 g/mol. The van der Waals surface area contributed by atoms with Gasteiger partial charge in [0.05, 0.1) is 0 Å². The zero-order valence-corrected chi connectivity index (χ0v) is 15.6. The molecule has 2 unspecified atom stereocenters. The molecule has 1 aliphatic rings. The molecule has 27 heavy (non-hydrogen) atoms. The van der Waals surface area contributed by atoms with Gasteiger partial charge in [-0.05, 0) is 30.6 Å². The number of ketones is 1. The lowest BCUT2D eigenvalue weighted by Gasteiger charge is -2.15. The summed E-state index contributed by atoms with van der Waals surface area (Å²) < 4.78 is 0. The number of pyridine rings is 1. The molecule has 0 amide bonds. The summed E-state index contributed by atoms with van der Waals surface area (Å²) in [6.45, 7) is 0. The fourth-order valence-corrected chi connectivity index (χ4v) is 4.03. The summed E-state index contributed by atoms with van der Waals surface area (Å²) in [7, 11) is 0. The van der Waals surface area contributed by atoms with E-state index < -0.39 is 5.97 Å². The third-order valence-electron chi connectivity index (χ3n) is 5.53. The number of carbonyl (C=O) groups is 2. The minimum Gasteiger partial charge on any atom is -0.481 e. The Hall–Kier alpha value is -2.49. The van der Waals surface area contributed by atoms with Gasteiger partial charge in [0.15, 0.2) is 0 Å². The average molecular weight is 365 g/mol. The maximum absolute atomic E-state index is 12.3. The molecule has 2 aromatic rings. The zero-order valence-electron chi connectivity index (χ0n) is 15.6. The Morgan fingerprint density at radius 3 is 2.81 bits per heavy atom. The molecule has 1 N–H and O–H groups in total. The van der Waals surface area contributed by atoms with E-state index in [0.717, 1.165) is 49.5 Å². The van der Waals surface area contributed by atoms with Gasteiger partial charge in [0.2, 0.25) is 0 Å². The van der Waals surface area contributed by atoms with Crippen LogP contribution in [-0.4, -0.2) is 21.8 Å². The van der Waals surface area contributed by atoms with Gasteiger partial charge >= 0.3 is 5.97 Å². The summed E-state index contributed by atoms with van der Waals surface area (Å²) in [5, 5.41) is 11.0. The molecule has 142 valence electrons. The van der Waals surface area contributed by atoms with Crippen LogP contribution >= 0.6 is 0 Å². The Morgan fingerprint density at radius 2 is 1.96 bits per heavy atom. The number of aliphatic carboxylic acids is 1. The number of unbranched alkanes of at least 4 members (excludes halogenated alkanes) is 3. The first-order chi connectivity index (χ1) is 13.1. The van der Waals surface area contributed by atoms with Crippen LogP contribution in [0.2, 0.25) is 0 Å². The second-order valence-electron chi connectivity index (χ2n) is 7.43. The van der Waals surface area contributed by atoms with E-state index >= 15 is 0 Å². The molecule has 1 fully saturated rings. The molecule has 0 spiro atoms. The molecule has 3 rings (SSSR count). The number of Topliss-reactive ketones (excluding diaryl/α,β-unsaturated/α-hetero) is 1. The van der Waals surface area contributed by atoms with Gasteiger partial charge in [-0.2, -0.15) is 0 Å². The Labute approximate surface area is 160 Å². The molecule has 4 heteroatoms. The normalized spacial score (nSPS) is 19.9. The lowest BCUT2D eigenvalue weighted by Crippen LogP contribution is -2.13. The minimum absolute atomic E-state index is 0.114. The smallest absolute Gasteiger partial charge is 0.303 e. The first-order valence-electron chi connectivity index (χ1n) is 9.90. The van der Waals surface area contributed by atoms with E-state index in [4.69, 9.17) is 5.11 Å². The van der Waals surface area contributed by atoms with Crippen molar-refractivity contribution in [2.75, 3.05) is 0 Å². The number of rotatable bonds is 9. The number of nitrogens with zero attached hydrogens (tertiary/aromatic N) is 1. The maximum Gasteiger partial charge on any atom is 0.303 e. The first-order valence-corrected chi connectivity index (χ1v) is 9.90. The number of allylic oxidation sites excluding steroid dienone is 1. The minimum atomic E-state index is -0.728. The molecule has 0 aliphatic heterocycles. The van der Waals surface area contributed by atoms with Crippen LogP contribution in [0.25, 0.3) is 16.8 Å². The van der Waals surface area contributed by atoms with E-state index in [0.29, 0.717) is 18.1 Å². The molecule has 0 saturated heterocycles. The van der Waals surface area contributed by atoms with Gasteiger partial charge in [-0.3, -0.25) is 14.6 Å². The van der Waals surface area contributed by atoms with Gasteiger partial charge in [-0.1, -0.05) is 55.7 Å². The van der Waals surface area contributed by atoms with Crippen molar-refractivity contribution < 1.29 is 14.7 Å². The topological polar surface area (TPSA) is 67.3 Å². The van der Waals surface area contributed by atoms with Gasteiger partial charge < -0.3 is 5.11 Å². The predicted molar refractivity (Wildman–Crippen MR) is 107 cm³/mol. The van der Waals surface area contributed by atoms with Crippen molar-refractivity contribution in [1.29, 1.82) is 0 Å². The van der Waals surface area contributed by atoms with Crippen molar-refractivity contribution in [1.82, 2.24) is 4.98 Å². The second-order valence-corrected chi connectivity index (χ2v) is 7.43. The number of carboxylic acids is 1. The summed E-state index contributed by atoms with van der Waals surface area (Å²) >= 11 is 0. The third-order valence-corrected chi connectivity index (χ3v) is 5.53. The molecule has 4 nitrogen and oxygen atoms in total. The van der Waals surface area contributed by atoms with Gasteiger partial charge in [0, 0.05) is 42.1 Å². The van der Waals surface area contributed by atoms with Gasteiger partial charge in [-0.25, -0.2) is 0 Å². The molecule has 0 bridgehead atoms. The zero-order chi connectivity index (χ0) is 19.1. The van der Waals surface area contributed by atoms with Gasteiger partial charge in [-0.15, -0.1) is 0 Å². The number of benzene rings is 1. The van der Waals surface area contributed by atoms with Crippen LogP contribution < -0.4 is 0 Å². The lowest BCUT2D eigenvalue weighted by atomic mass is 9.89. The Kier molecular flexibility index (Phi) is 6.74. The van der Waals surface area contributed by atoms with Crippen LogP contribution in [0.3, 0.4) is 0 Å². The van der Waals surface area contributed by atoms with Crippen molar-refractivity contribution >= 4 is 28.6 Å². The largest absolute Gasteiger partial charge is 0.481 e. The Balaban J connectivity index is 1.57. The summed E-state index contributed by atoms with van der Waals surface area (Å²) in [6, 6.07) is 8.21. The highest BCUT2D eigenvalue weighted by atomic mass is 16.4. The third kappa shape index (κ3) is 5.25. The fourth-order valence-electron chi connectivity index (χ4n) is 4.03. The first kappa shape index (κ1) is 19.3. The highest BCUT2D eigenvalue weighted by molar-refractivity contribution is 5.90. The van der Waals surface area contributed by atoms with Crippen molar-refractivity contribution in [3.8, 4) is 0 Å². The highest BCUT2D eigenvalue weighted by Gasteiger charge is 2.32. The standard InChI is InChI=1S/C23H27NO3/c25-22-14-13-17(21(22)9-3-1-2-4-10-23(26)27)11-12-19-16-24-15-18-7-5-6-8-20(18)19/h5-8,11-12,15-17,21H,1-4,9-10,13-14H2,(H,26,27)/b12-11+. The number of fused-ring (bicyclic) bond motifs is 1. The van der Waals surface area contributed by atoms with E-state index in [2.05, 4.69) is 29.3 Å². The van der Waals surface area contributed by atoms with Gasteiger partial charge in [0.25, 0.3) is 0 Å². The molecular formula is C23H27NO3. The quantitative estimate of drug-likeness (QED) is 0.615. The Bertz CT molecular complexity index is 822. The van der Waals surface area contributed by atoms with Gasteiger partial charge in [0.1, 0.15) is 5.78 Å². The summed E-state index contributed by atoms with van der Waals surface area (Å²) in [5.41, 5.74) is 1.10. The van der Waals surface area contributed by atoms with Crippen molar-refractivity contribution in [3.63, 3.8) is 0 Å². The van der Waals surface area contributed by atoms with Crippen LogP contribution in [0, 0.1) is 11.8 Å². The highest BCUT2D eigenvalue weighted by Crippen LogP contribution is 2.34. The van der Waals surface area contributed by atoms with E-state index in [-0.39, 0.29) is 12.3 Å². The monoisotopic (exact) mass is 365 g/mol. The molecule has 0 radical (unpaired) electrons. The number of hydrogen-bond acceptors (Lipinski definition) is 3. The van der Waals surface area contributed by atoms with Crippen molar-refractivity contribution in [3.05, 3.63) is 48.3 Å². The predicted octanol–water partition coefficient (Wildman–Crippen LogP) is 5.27. The van der Waals surface area contributed by atoms with Crippen molar-refractivity contribution in [2.24, 2.45) is 11.8 Å². The molecule has 1 aromatic heterocycles. The van der Waals surface area contributed by atoms with Crippen molar-refractivity contribution in [2.45, 2.75) is 51.4 Å². The second kappa shape index (κ2) is 9.45. The molecule has 1 aromatic carbocycles. The Morgan fingerprint density at radius 1 is 1.15 bits per heavy atom. The van der Waals surface area contributed by atoms with Crippen LogP contribution in [-0.2, 0) is 9.59 Å². The maximum atomic E-state index is 12.3. The fraction of sp³-hybridized carbons (Fsp3) is 0.435. The summed E-state index contributed by atoms with van der Waals surface area (Å²) in [6.07, 6.45) is 14.5. The van der Waals surface area contributed by atoms with E-state index in [9.17, 15) is 9.59 Å². The summed E-state index contributed by atoms with van der Waals surface area (Å²) in [4.78, 5) is 27.2. The molecule has 1 heterocycles. The van der Waals surface area contributed by atoms with Crippen LogP contribution in [0.4, 0.5) is 0 Å². The number of carboxylic acid groups (broad SMARTS) is 1. The molecule has 1 aliphatic carbocycles. The van der Waals surface area contributed by atoms with Crippen LogP contribution in [0.5, 0.6) is 0 Å². The number of carbonyl (C=O) groups excluding carboxylic acids is 1. The van der Waals surface area contributed by atoms with E-state index in [1.165, 1.54) is 5.39 Å². The van der Waals surface area contributed by atoms with Crippen LogP contribution in [0.1, 0.15) is 56.9 Å². The average Bonchev–Trinajstić information content (AvgIpc) is 3.02. The van der Waals surface area contributed by atoms with E-state index in [1.807, 2.05) is 24.5 Å². The lowest BCUT2D eigenvalue weighted by molar-refractivity contribution is -0.137. The molecule has 2 atom stereocenters. The number of aromatic nitrogens is 1. The SMILES string of the molecule is O=C(O)CCCCCCC1C(=O)CCC1/C=C/c1cncc2ccccc12. The number of hydrogen-bond donors (Lipinski definition) is 1. The van der Waals surface area contributed by atoms with Crippen LogP contribution in [0.15, 0.2) is 42.7 Å².